The van der Waals surface area contributed by atoms with E-state index >= 15 is 0 Å². The Morgan fingerprint density at radius 1 is 1.00 bits per heavy atom. The van der Waals surface area contributed by atoms with Crippen LogP contribution in [-0.4, -0.2) is 62.7 Å². The summed E-state index contributed by atoms with van der Waals surface area (Å²) in [6, 6.07) is 12.0. The lowest BCUT2D eigenvalue weighted by Gasteiger charge is -2.15. The number of rotatable bonds is 13. The first kappa shape index (κ1) is 25.6. The van der Waals surface area contributed by atoms with Crippen LogP contribution in [-0.2, 0) is 19.6 Å². The lowest BCUT2D eigenvalue weighted by atomic mass is 10.1. The van der Waals surface area contributed by atoms with Crippen molar-refractivity contribution in [3.8, 4) is 0 Å². The molecule has 176 valence electrons. The molecule has 0 unspecified atom stereocenters. The van der Waals surface area contributed by atoms with Crippen LogP contribution in [0, 0.1) is 5.41 Å². The first-order valence-electron chi connectivity index (χ1n) is 9.85. The van der Waals surface area contributed by atoms with E-state index in [0.29, 0.717) is 11.1 Å². The second kappa shape index (κ2) is 11.9. The maximum Gasteiger partial charge on any atom is 0.323 e. The number of aliphatic carboxylic acids is 1. The molecule has 0 radical (unpaired) electrons. The average Bonchev–Trinajstić information content (AvgIpc) is 2.79. The highest BCUT2D eigenvalue weighted by atomic mass is 32.2. The van der Waals surface area contributed by atoms with Gasteiger partial charge in [0.05, 0.1) is 11.4 Å². The van der Waals surface area contributed by atoms with Gasteiger partial charge in [-0.05, 0) is 12.1 Å². The van der Waals surface area contributed by atoms with E-state index in [9.17, 15) is 27.9 Å². The number of benzene rings is 2. The van der Waals surface area contributed by atoms with Crippen LogP contribution in [0.4, 0.5) is 0 Å². The SMILES string of the molecule is N=C(N)c1ccc(C(=O)CNCCC(=O)NC[C@H](NS(=O)(=O)c2ccccc2)C(=O)O)cc1. The minimum absolute atomic E-state index is 0.0265. The standard InChI is InChI=1S/C21H25N5O6S/c22-20(23)15-8-6-14(7-9-15)18(27)13-24-11-10-19(28)25-12-17(21(29)30)26-33(31,32)16-4-2-1-3-5-16/h1-9,17,24,26H,10-13H2,(H3,22,23)(H,25,28)(H,29,30)/t17-/m0/s1. The highest BCUT2D eigenvalue weighted by molar-refractivity contribution is 7.89. The molecule has 0 aliphatic carbocycles. The van der Waals surface area contributed by atoms with Gasteiger partial charge < -0.3 is 21.5 Å². The Morgan fingerprint density at radius 2 is 1.61 bits per heavy atom. The molecule has 0 fully saturated rings. The zero-order chi connectivity index (χ0) is 24.4. The van der Waals surface area contributed by atoms with Gasteiger partial charge in [0.2, 0.25) is 15.9 Å². The van der Waals surface area contributed by atoms with Gasteiger partial charge in [-0.1, -0.05) is 42.5 Å². The lowest BCUT2D eigenvalue weighted by Crippen LogP contribution is -2.48. The Morgan fingerprint density at radius 3 is 2.18 bits per heavy atom. The molecule has 2 aromatic carbocycles. The third-order valence-corrected chi connectivity index (χ3v) is 5.97. The molecule has 0 aliphatic heterocycles. The van der Waals surface area contributed by atoms with E-state index in [1.165, 1.54) is 24.3 Å². The number of nitrogen functional groups attached to an aromatic ring is 1. The summed E-state index contributed by atoms with van der Waals surface area (Å²) >= 11 is 0. The van der Waals surface area contributed by atoms with E-state index in [4.69, 9.17) is 11.1 Å². The largest absolute Gasteiger partial charge is 0.480 e. The monoisotopic (exact) mass is 475 g/mol. The molecule has 0 aromatic heterocycles. The Kier molecular flexibility index (Phi) is 9.21. The number of nitrogens with one attached hydrogen (secondary N) is 4. The summed E-state index contributed by atoms with van der Waals surface area (Å²) in [6.07, 6.45) is -0.0473. The Balaban J connectivity index is 1.76. The van der Waals surface area contributed by atoms with E-state index < -0.39 is 34.5 Å². The van der Waals surface area contributed by atoms with Crippen molar-refractivity contribution in [2.45, 2.75) is 17.4 Å². The summed E-state index contributed by atoms with van der Waals surface area (Å²) in [6.45, 7) is -0.320. The van der Waals surface area contributed by atoms with E-state index in [1.54, 1.807) is 30.3 Å². The van der Waals surface area contributed by atoms with Crippen LogP contribution in [0.15, 0.2) is 59.5 Å². The Labute approximate surface area is 190 Å². The number of nitrogens with two attached hydrogens (primary N) is 1. The molecule has 1 amide bonds. The van der Waals surface area contributed by atoms with Crippen molar-refractivity contribution in [2.75, 3.05) is 19.6 Å². The first-order valence-corrected chi connectivity index (χ1v) is 11.3. The summed E-state index contributed by atoms with van der Waals surface area (Å²) in [4.78, 5) is 35.4. The van der Waals surface area contributed by atoms with Crippen LogP contribution in [0.1, 0.15) is 22.3 Å². The fraction of sp³-hybridized carbons (Fsp3) is 0.238. The van der Waals surface area contributed by atoms with Crippen LogP contribution >= 0.6 is 0 Å². The number of carboxylic acid groups (broad SMARTS) is 1. The van der Waals surface area contributed by atoms with Crippen LogP contribution in [0.25, 0.3) is 0 Å². The summed E-state index contributed by atoms with van der Waals surface area (Å²) in [5.74, 6) is -2.26. The van der Waals surface area contributed by atoms with Crippen LogP contribution in [0.3, 0.4) is 0 Å². The molecule has 2 rings (SSSR count). The highest BCUT2D eigenvalue weighted by Gasteiger charge is 2.25. The van der Waals surface area contributed by atoms with Crippen molar-refractivity contribution in [2.24, 2.45) is 5.73 Å². The molecule has 0 saturated heterocycles. The highest BCUT2D eigenvalue weighted by Crippen LogP contribution is 2.08. The summed E-state index contributed by atoms with van der Waals surface area (Å²) in [5, 5.41) is 21.8. The summed E-state index contributed by atoms with van der Waals surface area (Å²) < 4.78 is 26.6. The normalized spacial score (nSPS) is 12.0. The van der Waals surface area contributed by atoms with E-state index in [-0.39, 0.29) is 36.0 Å². The third-order valence-electron chi connectivity index (χ3n) is 4.48. The zero-order valence-corrected chi connectivity index (χ0v) is 18.4. The zero-order valence-electron chi connectivity index (χ0n) is 17.6. The van der Waals surface area contributed by atoms with Crippen molar-refractivity contribution >= 4 is 33.5 Å². The molecule has 11 nitrogen and oxygen atoms in total. The van der Waals surface area contributed by atoms with Gasteiger partial charge in [-0.3, -0.25) is 19.8 Å². The Bertz CT molecular complexity index is 1100. The van der Waals surface area contributed by atoms with Gasteiger partial charge >= 0.3 is 5.97 Å². The van der Waals surface area contributed by atoms with Gasteiger partial charge in [-0.2, -0.15) is 4.72 Å². The summed E-state index contributed by atoms with van der Waals surface area (Å²) in [7, 11) is -4.07. The fourth-order valence-electron chi connectivity index (χ4n) is 2.68. The predicted octanol–water partition coefficient (Wildman–Crippen LogP) is -0.319. The van der Waals surface area contributed by atoms with Crippen molar-refractivity contribution in [1.82, 2.24) is 15.4 Å². The molecule has 0 heterocycles. The van der Waals surface area contributed by atoms with Crippen molar-refractivity contribution < 1.29 is 27.9 Å². The topological polar surface area (TPSA) is 192 Å². The van der Waals surface area contributed by atoms with Crippen molar-refractivity contribution in [3.05, 3.63) is 65.7 Å². The van der Waals surface area contributed by atoms with Crippen LogP contribution in [0.2, 0.25) is 0 Å². The smallest absolute Gasteiger partial charge is 0.323 e. The molecule has 1 atom stereocenters. The van der Waals surface area contributed by atoms with E-state index in [0.717, 1.165) is 0 Å². The molecule has 0 spiro atoms. The van der Waals surface area contributed by atoms with Crippen LogP contribution in [0.5, 0.6) is 0 Å². The second-order valence-corrected chi connectivity index (χ2v) is 8.68. The second-order valence-electron chi connectivity index (χ2n) is 6.97. The predicted molar refractivity (Wildman–Crippen MR) is 120 cm³/mol. The van der Waals surface area contributed by atoms with Crippen molar-refractivity contribution in [1.29, 1.82) is 5.41 Å². The maximum atomic E-state index is 12.3. The molecule has 0 bridgehead atoms. The van der Waals surface area contributed by atoms with Gasteiger partial charge in [0.25, 0.3) is 0 Å². The fourth-order valence-corrected chi connectivity index (χ4v) is 3.89. The Hall–Kier alpha value is -3.61. The van der Waals surface area contributed by atoms with Crippen molar-refractivity contribution in [3.63, 3.8) is 0 Å². The number of sulfonamides is 1. The third kappa shape index (κ3) is 8.11. The minimum atomic E-state index is -4.07. The van der Waals surface area contributed by atoms with E-state index in [1.807, 2.05) is 0 Å². The number of carbonyl (C=O) groups excluding carboxylic acids is 2. The molecule has 7 N–H and O–H groups in total. The molecule has 33 heavy (non-hydrogen) atoms. The van der Waals surface area contributed by atoms with Gasteiger partial charge in [0, 0.05) is 30.6 Å². The molecular weight excluding hydrogens is 450 g/mol. The molecule has 0 saturated carbocycles. The number of ketones is 1. The first-order chi connectivity index (χ1) is 15.6. The summed E-state index contributed by atoms with van der Waals surface area (Å²) in [5.41, 5.74) is 6.29. The number of carboxylic acids is 1. The number of hydrogen-bond donors (Lipinski definition) is 6. The quantitative estimate of drug-likeness (QED) is 0.0982. The number of amidine groups is 1. The average molecular weight is 476 g/mol. The number of amides is 1. The molecule has 2 aromatic rings. The number of Topliss-reactive ketones (excluding diaryl/α,β-unsaturated/α-hetero) is 1. The van der Waals surface area contributed by atoms with Gasteiger partial charge in [0.15, 0.2) is 5.78 Å². The lowest BCUT2D eigenvalue weighted by molar-refractivity contribution is -0.138. The van der Waals surface area contributed by atoms with Gasteiger partial charge in [0.1, 0.15) is 11.9 Å². The van der Waals surface area contributed by atoms with E-state index in [2.05, 4.69) is 15.4 Å². The molecular formula is C21H25N5O6S. The van der Waals surface area contributed by atoms with Gasteiger partial charge in [-0.15, -0.1) is 0 Å². The maximum absolute atomic E-state index is 12.3. The number of carbonyl (C=O) groups is 3. The van der Waals surface area contributed by atoms with Gasteiger partial charge in [-0.25, -0.2) is 8.42 Å². The molecule has 12 heteroatoms. The van der Waals surface area contributed by atoms with Crippen LogP contribution < -0.4 is 21.1 Å². The number of hydrogen-bond acceptors (Lipinski definition) is 7. The molecule has 0 aliphatic rings. The minimum Gasteiger partial charge on any atom is -0.480 e.